The van der Waals surface area contributed by atoms with Crippen molar-refractivity contribution in [3.8, 4) is 11.5 Å². The van der Waals surface area contributed by atoms with Crippen LogP contribution in [0.25, 0.3) is 0 Å². The maximum atomic E-state index is 14.5. The zero-order chi connectivity index (χ0) is 55.3. The van der Waals surface area contributed by atoms with Crippen molar-refractivity contribution in [2.24, 2.45) is 0 Å². The molecule has 0 saturated carbocycles. The first-order valence-corrected chi connectivity index (χ1v) is 27.2. The van der Waals surface area contributed by atoms with Crippen LogP contribution in [-0.2, 0) is 49.2 Å². The van der Waals surface area contributed by atoms with Crippen LogP contribution in [-0.4, -0.2) is 120 Å². The molecular weight excluding hydrogens is 1070 g/mol. The maximum absolute atomic E-state index is 14.5. The fourth-order valence-corrected chi connectivity index (χ4v) is 8.79. The van der Waals surface area contributed by atoms with E-state index >= 15 is 0 Å². The number of para-hydroxylation sites is 3. The molecule has 74 heavy (non-hydrogen) atoms. The Labute approximate surface area is 450 Å². The zero-order valence-electron chi connectivity index (χ0n) is 42.0. The van der Waals surface area contributed by atoms with Crippen molar-refractivity contribution in [3.05, 3.63) is 87.7 Å². The number of benzene rings is 3. The Morgan fingerprint density at radius 3 is 2.20 bits per heavy atom. The summed E-state index contributed by atoms with van der Waals surface area (Å²) >= 11 is 23.0. The van der Waals surface area contributed by atoms with Gasteiger partial charge in [0.15, 0.2) is 11.4 Å². The summed E-state index contributed by atoms with van der Waals surface area (Å²) in [7, 11) is -2.46. The number of nitrogens with one attached hydrogen (secondary N) is 1. The first-order chi connectivity index (χ1) is 35.0. The molecule has 0 radical (unpaired) electrons. The van der Waals surface area contributed by atoms with Crippen LogP contribution in [0.3, 0.4) is 0 Å². The van der Waals surface area contributed by atoms with E-state index in [9.17, 15) is 37.7 Å². The number of carbonyl (C=O) groups excluding carboxylic acids is 5. The van der Waals surface area contributed by atoms with E-state index in [1.54, 1.807) is 16.9 Å². The van der Waals surface area contributed by atoms with Gasteiger partial charge in [-0.25, -0.2) is 14.1 Å². The van der Waals surface area contributed by atoms with Crippen LogP contribution in [0.4, 0.5) is 21.5 Å². The third-order valence-electron chi connectivity index (χ3n) is 11.2. The number of anilines is 3. The Hall–Kier alpha value is -4.82. The molecule has 1 aliphatic carbocycles. The number of imide groups is 1. The Morgan fingerprint density at radius 2 is 1.64 bits per heavy atom. The molecule has 2 heterocycles. The zero-order valence-corrected chi connectivity index (χ0v) is 46.0. The highest BCUT2D eigenvalue weighted by Gasteiger charge is 2.41. The number of aliphatic carboxylic acids is 1. The molecule has 4 amide bonds. The summed E-state index contributed by atoms with van der Waals surface area (Å²) in [6.45, 7) is 10.4. The molecule has 2 aliphatic heterocycles. The number of alkyl halides is 3. The fraction of sp³-hybridized carbons (Fsp3) is 0.480. The van der Waals surface area contributed by atoms with Crippen molar-refractivity contribution >= 4 is 107 Å². The van der Waals surface area contributed by atoms with Crippen LogP contribution >= 0.6 is 54.0 Å². The van der Waals surface area contributed by atoms with Gasteiger partial charge in [-0.05, 0) is 88.6 Å². The lowest BCUT2D eigenvalue weighted by Gasteiger charge is -2.35. The van der Waals surface area contributed by atoms with Gasteiger partial charge in [0.05, 0.1) is 60.2 Å². The number of carboxylic acid groups (broad SMARTS) is 1. The van der Waals surface area contributed by atoms with Crippen LogP contribution in [0.2, 0.25) is 5.02 Å². The lowest BCUT2D eigenvalue weighted by atomic mass is 9.93. The predicted octanol–water partition coefficient (Wildman–Crippen LogP) is 8.90. The summed E-state index contributed by atoms with van der Waals surface area (Å²) < 4.78 is 45.7. The molecule has 4 N–H and O–H groups in total. The van der Waals surface area contributed by atoms with E-state index in [2.05, 4.69) is 18.3 Å². The highest BCUT2D eigenvalue weighted by molar-refractivity contribution is 7.51. The summed E-state index contributed by atoms with van der Waals surface area (Å²) in [6, 6.07) is 15.5. The van der Waals surface area contributed by atoms with Gasteiger partial charge in [-0.15, -0.1) is 11.6 Å². The Bertz CT molecular complexity index is 2490. The number of nitrogens with zero attached hydrogens (tertiary/aromatic N) is 3. The molecule has 0 fully saturated rings. The number of hydrogen-bond donors (Lipinski definition) is 4. The molecular formula is C50H64Cl4FN4O14P. The second-order valence-corrected chi connectivity index (χ2v) is 20.4. The number of rotatable bonds is 19. The van der Waals surface area contributed by atoms with Crippen molar-refractivity contribution in [1.29, 1.82) is 0 Å². The van der Waals surface area contributed by atoms with Gasteiger partial charge in [-0.3, -0.25) is 33.9 Å². The van der Waals surface area contributed by atoms with Gasteiger partial charge in [-0.1, -0.05) is 91.8 Å². The van der Waals surface area contributed by atoms with Gasteiger partial charge >= 0.3 is 19.5 Å². The van der Waals surface area contributed by atoms with Gasteiger partial charge < -0.3 is 43.6 Å². The minimum Gasteiger partial charge on any atom is -0.489 e. The van der Waals surface area contributed by atoms with Crippen LogP contribution in [0, 0.1) is 12.7 Å². The van der Waals surface area contributed by atoms with E-state index in [1.165, 1.54) is 6.07 Å². The smallest absolute Gasteiger partial charge is 0.344 e. The molecule has 3 aromatic carbocycles. The largest absolute Gasteiger partial charge is 0.489 e. The summed E-state index contributed by atoms with van der Waals surface area (Å²) in [5, 5.41) is 9.99. The predicted molar refractivity (Wildman–Crippen MR) is 282 cm³/mol. The molecule has 24 heteroatoms. The SMILES string of the molecule is CC1COc2ccccc2N1C(=O)C(Cl)Cl.CCCCCOC(=O)COc1cc(N2C(=O)C3=C(CCCC3)C2=O)c(F)cc1Cl.CCc1cccc(C)c1N(C(=O)CCl)C(C)COC.O=C(O)CNCP(=O)(O)O. The van der Waals surface area contributed by atoms with E-state index in [0.717, 1.165) is 72.0 Å². The number of carboxylic acids is 1. The monoisotopic (exact) mass is 1130 g/mol. The normalized spacial score (nSPS) is 15.2. The van der Waals surface area contributed by atoms with Crippen LogP contribution in [0.15, 0.2) is 65.7 Å². The van der Waals surface area contributed by atoms with E-state index in [1.807, 2.05) is 64.1 Å². The van der Waals surface area contributed by atoms with Gasteiger partial charge in [0.2, 0.25) is 5.91 Å². The Kier molecular flexibility index (Phi) is 26.8. The minimum atomic E-state index is -4.10. The summed E-state index contributed by atoms with van der Waals surface area (Å²) in [5.74, 6) is -3.29. The number of unbranched alkanes of at least 4 members (excludes halogenated alkanes) is 2. The number of hydrogen-bond acceptors (Lipinski definition) is 12. The van der Waals surface area contributed by atoms with Crippen LogP contribution in [0.1, 0.15) is 83.8 Å². The van der Waals surface area contributed by atoms with Crippen molar-refractivity contribution in [3.63, 3.8) is 0 Å². The molecule has 0 bridgehead atoms. The second-order valence-electron chi connectivity index (χ2n) is 17.0. The number of esters is 1. The standard InChI is InChI=1S/C21H23ClFNO5.C15H22ClNO2.C11H11Cl2NO2.C3H8NO5P/c1-2-3-6-9-28-19(25)12-29-18-11-17(16(23)10-15(18)22)24-20(26)13-7-4-5-8-14(13)21(24)27;1-5-13-8-6-7-11(2)15(13)17(14(18)9-16)12(3)10-19-4;1-7-6-16-9-5-3-2-4-8(9)14(7)11(15)10(12)13;5-3(6)1-4-2-10(7,8)9/h10-11H,2-9,12H2,1H3;6-8,12H,5,9-10H2,1-4H3;2-5,7,10H,6H2,1H3;4H,1-2H2,(H,5,6)(H2,7,8,9). The topological polar surface area (TPSA) is 239 Å². The molecule has 408 valence electrons. The summed E-state index contributed by atoms with van der Waals surface area (Å²) in [6.07, 6.45) is 5.68. The number of amides is 4. The highest BCUT2D eigenvalue weighted by atomic mass is 35.5. The number of halogens is 5. The molecule has 0 aromatic heterocycles. The Morgan fingerprint density at radius 1 is 0.986 bits per heavy atom. The van der Waals surface area contributed by atoms with E-state index in [-0.39, 0.29) is 46.2 Å². The average molecular weight is 1140 g/mol. The number of aryl methyl sites for hydroxylation is 2. The Balaban J connectivity index is 0.000000279. The quantitative estimate of drug-likeness (QED) is 0.0288. The maximum Gasteiger partial charge on any atom is 0.344 e. The number of methoxy groups -OCH3 is 1. The van der Waals surface area contributed by atoms with E-state index in [0.29, 0.717) is 49.6 Å². The average Bonchev–Trinajstić information content (AvgIpc) is 3.60. The first-order valence-electron chi connectivity index (χ1n) is 23.7. The molecule has 0 saturated heterocycles. The lowest BCUT2D eigenvalue weighted by molar-refractivity contribution is -0.146. The fourth-order valence-electron chi connectivity index (χ4n) is 7.85. The molecule has 3 aliphatic rings. The molecule has 2 atom stereocenters. The van der Waals surface area contributed by atoms with Crippen molar-refractivity contribution in [2.75, 3.05) is 66.9 Å². The molecule has 2 unspecified atom stereocenters. The highest BCUT2D eigenvalue weighted by Crippen LogP contribution is 2.40. The van der Waals surface area contributed by atoms with Gasteiger partial charge in [-0.2, -0.15) is 0 Å². The minimum absolute atomic E-state index is 0.000883. The van der Waals surface area contributed by atoms with Gasteiger partial charge in [0.25, 0.3) is 17.7 Å². The summed E-state index contributed by atoms with van der Waals surface area (Å²) in [5.41, 5.74) is 4.60. The van der Waals surface area contributed by atoms with E-state index < -0.39 is 61.4 Å². The molecule has 6 rings (SSSR count). The molecule has 18 nitrogen and oxygen atoms in total. The first kappa shape index (κ1) is 63.5. The van der Waals surface area contributed by atoms with Crippen molar-refractivity contribution < 1.29 is 71.6 Å². The number of ether oxygens (including phenoxy) is 4. The van der Waals surface area contributed by atoms with Gasteiger partial charge in [0, 0.05) is 24.3 Å². The summed E-state index contributed by atoms with van der Waals surface area (Å²) in [4.78, 5) is 90.5. The molecule has 0 spiro atoms. The van der Waals surface area contributed by atoms with Crippen molar-refractivity contribution in [1.82, 2.24) is 5.32 Å². The molecule has 3 aromatic rings. The lowest BCUT2D eigenvalue weighted by Crippen LogP contribution is -2.47. The van der Waals surface area contributed by atoms with Crippen molar-refractivity contribution in [2.45, 2.75) is 103 Å². The third kappa shape index (κ3) is 18.8. The van der Waals surface area contributed by atoms with E-state index in [4.69, 9.17) is 80.2 Å². The third-order valence-corrected chi connectivity index (χ3v) is 12.8. The number of carbonyl (C=O) groups is 6. The number of fused-ring (bicyclic) bond motifs is 1. The van der Waals surface area contributed by atoms with Gasteiger partial charge in [0.1, 0.15) is 29.8 Å². The van der Waals surface area contributed by atoms with Crippen LogP contribution < -0.4 is 29.5 Å². The van der Waals surface area contributed by atoms with Crippen LogP contribution in [0.5, 0.6) is 11.5 Å². The second kappa shape index (κ2) is 31.3.